The topological polar surface area (TPSA) is 64.3 Å². The zero-order valence-corrected chi connectivity index (χ0v) is 13.6. The van der Waals surface area contributed by atoms with Crippen molar-refractivity contribution in [2.24, 2.45) is 0 Å². The number of nitrogens with zero attached hydrogens (tertiary/aromatic N) is 2. The van der Waals surface area contributed by atoms with E-state index in [0.717, 1.165) is 6.07 Å². The van der Waals surface area contributed by atoms with Crippen LogP contribution in [0.15, 0.2) is 48.5 Å². The van der Waals surface area contributed by atoms with Crippen LogP contribution in [0.25, 0.3) is 16.9 Å². The van der Waals surface area contributed by atoms with Crippen LogP contribution in [0.2, 0.25) is 5.02 Å². The summed E-state index contributed by atoms with van der Waals surface area (Å²) in [5.41, 5.74) is 0.688. The van der Waals surface area contributed by atoms with Crippen molar-refractivity contribution >= 4 is 17.6 Å². The van der Waals surface area contributed by atoms with E-state index in [1.165, 1.54) is 41.1 Å². The molecule has 0 aliphatic rings. The van der Waals surface area contributed by atoms with Crippen molar-refractivity contribution < 1.29 is 27.8 Å². The van der Waals surface area contributed by atoms with E-state index in [2.05, 4.69) is 9.84 Å². The average molecular weight is 383 g/mol. The Kier molecular flexibility index (Phi) is 4.85. The van der Waals surface area contributed by atoms with Gasteiger partial charge in [-0.15, -0.1) is 0 Å². The Bertz CT molecular complexity index is 976. The first-order valence-electron chi connectivity index (χ1n) is 7.19. The van der Waals surface area contributed by atoms with E-state index in [4.69, 9.17) is 11.6 Å². The van der Waals surface area contributed by atoms with Crippen LogP contribution in [0.3, 0.4) is 0 Å². The third-order valence-corrected chi connectivity index (χ3v) is 3.72. The van der Waals surface area contributed by atoms with Crippen LogP contribution in [-0.2, 0) is 0 Å². The fraction of sp³-hybridized carbons (Fsp3) is 0.0588. The second-order valence-electron chi connectivity index (χ2n) is 5.14. The molecule has 134 valence electrons. The van der Waals surface area contributed by atoms with E-state index in [1.54, 1.807) is 6.07 Å². The molecule has 0 aliphatic carbocycles. The van der Waals surface area contributed by atoms with E-state index >= 15 is 0 Å². The van der Waals surface area contributed by atoms with Crippen molar-refractivity contribution in [3.05, 3.63) is 65.1 Å². The molecule has 0 spiro atoms. The fourth-order valence-corrected chi connectivity index (χ4v) is 2.51. The summed E-state index contributed by atoms with van der Waals surface area (Å²) >= 11 is 5.78. The maximum absolute atomic E-state index is 13.4. The molecule has 3 aromatic rings. The molecule has 26 heavy (non-hydrogen) atoms. The Balaban J connectivity index is 2.14. The third kappa shape index (κ3) is 3.65. The van der Waals surface area contributed by atoms with E-state index < -0.39 is 18.4 Å². The summed E-state index contributed by atoms with van der Waals surface area (Å²) in [5.74, 6) is -2.02. The van der Waals surface area contributed by atoms with Crippen LogP contribution in [0.5, 0.6) is 5.75 Å². The lowest BCUT2D eigenvalue weighted by Gasteiger charge is -2.10. The SMILES string of the molecule is O=C(O)c1cc(-c2cccc(OC(F)F)c2)n(-c2ccc(F)c(Cl)c2)n1. The number of hydrogen-bond acceptors (Lipinski definition) is 3. The molecule has 1 heterocycles. The Morgan fingerprint density at radius 3 is 2.62 bits per heavy atom. The molecule has 0 radical (unpaired) electrons. The zero-order valence-electron chi connectivity index (χ0n) is 12.9. The Morgan fingerprint density at radius 2 is 1.96 bits per heavy atom. The van der Waals surface area contributed by atoms with Gasteiger partial charge in [-0.3, -0.25) is 0 Å². The molecule has 3 rings (SSSR count). The summed E-state index contributed by atoms with van der Waals surface area (Å²) in [7, 11) is 0. The number of alkyl halides is 2. The van der Waals surface area contributed by atoms with Gasteiger partial charge in [0.25, 0.3) is 0 Å². The number of aromatic nitrogens is 2. The van der Waals surface area contributed by atoms with Gasteiger partial charge in [0.05, 0.1) is 16.4 Å². The maximum atomic E-state index is 13.4. The highest BCUT2D eigenvalue weighted by Gasteiger charge is 2.17. The minimum absolute atomic E-state index is 0.0979. The van der Waals surface area contributed by atoms with E-state index in [0.29, 0.717) is 11.3 Å². The molecule has 0 fully saturated rings. The van der Waals surface area contributed by atoms with Crippen LogP contribution in [0.4, 0.5) is 13.2 Å². The minimum Gasteiger partial charge on any atom is -0.476 e. The highest BCUT2D eigenvalue weighted by atomic mass is 35.5. The smallest absolute Gasteiger partial charge is 0.387 e. The molecule has 1 aromatic heterocycles. The van der Waals surface area contributed by atoms with Crippen molar-refractivity contribution in [2.45, 2.75) is 6.61 Å². The van der Waals surface area contributed by atoms with E-state index in [9.17, 15) is 23.1 Å². The fourth-order valence-electron chi connectivity index (χ4n) is 2.34. The van der Waals surface area contributed by atoms with Gasteiger partial charge < -0.3 is 9.84 Å². The van der Waals surface area contributed by atoms with Gasteiger partial charge in [0.1, 0.15) is 11.6 Å². The number of carbonyl (C=O) groups is 1. The van der Waals surface area contributed by atoms with Gasteiger partial charge in [-0.05, 0) is 36.4 Å². The molecule has 0 saturated heterocycles. The summed E-state index contributed by atoms with van der Waals surface area (Å²) in [6, 6.07) is 10.7. The summed E-state index contributed by atoms with van der Waals surface area (Å²) < 4.78 is 43.8. The molecule has 0 saturated carbocycles. The number of hydrogen-bond donors (Lipinski definition) is 1. The van der Waals surface area contributed by atoms with Crippen LogP contribution >= 0.6 is 11.6 Å². The Labute approximate surface area is 150 Å². The quantitative estimate of drug-likeness (QED) is 0.698. The molecule has 0 atom stereocenters. The van der Waals surface area contributed by atoms with E-state index in [1.807, 2.05) is 0 Å². The summed E-state index contributed by atoms with van der Waals surface area (Å²) in [6.45, 7) is -3.00. The first-order valence-corrected chi connectivity index (χ1v) is 7.57. The molecule has 0 unspecified atom stereocenters. The Morgan fingerprint density at radius 1 is 1.19 bits per heavy atom. The molecule has 0 amide bonds. The zero-order chi connectivity index (χ0) is 18.8. The van der Waals surface area contributed by atoms with Crippen molar-refractivity contribution in [3.8, 4) is 22.7 Å². The van der Waals surface area contributed by atoms with Gasteiger partial charge in [0, 0.05) is 5.56 Å². The Hall–Kier alpha value is -3.00. The van der Waals surface area contributed by atoms with Crippen LogP contribution in [0.1, 0.15) is 10.5 Å². The van der Waals surface area contributed by atoms with Crippen molar-refractivity contribution in [2.75, 3.05) is 0 Å². The maximum Gasteiger partial charge on any atom is 0.387 e. The van der Waals surface area contributed by atoms with Crippen molar-refractivity contribution in [1.82, 2.24) is 9.78 Å². The largest absolute Gasteiger partial charge is 0.476 e. The molecule has 1 N–H and O–H groups in total. The van der Waals surface area contributed by atoms with Gasteiger partial charge in [-0.1, -0.05) is 23.7 Å². The summed E-state index contributed by atoms with van der Waals surface area (Å²) in [4.78, 5) is 11.3. The number of rotatable bonds is 5. The molecule has 0 aliphatic heterocycles. The van der Waals surface area contributed by atoms with Crippen molar-refractivity contribution in [1.29, 1.82) is 0 Å². The molecule has 0 bridgehead atoms. The van der Waals surface area contributed by atoms with E-state index in [-0.39, 0.29) is 22.2 Å². The molecule has 9 heteroatoms. The number of carboxylic acids is 1. The second kappa shape index (κ2) is 7.09. The van der Waals surface area contributed by atoms with Gasteiger partial charge in [0.2, 0.25) is 0 Å². The van der Waals surface area contributed by atoms with Crippen LogP contribution in [0, 0.1) is 5.82 Å². The minimum atomic E-state index is -3.00. The molecule has 2 aromatic carbocycles. The highest BCUT2D eigenvalue weighted by Crippen LogP contribution is 2.29. The lowest BCUT2D eigenvalue weighted by atomic mass is 10.1. The molecule has 5 nitrogen and oxygen atoms in total. The van der Waals surface area contributed by atoms with Crippen LogP contribution < -0.4 is 4.74 Å². The number of carboxylic acid groups (broad SMARTS) is 1. The second-order valence-corrected chi connectivity index (χ2v) is 5.54. The number of benzene rings is 2. The van der Waals surface area contributed by atoms with Gasteiger partial charge >= 0.3 is 12.6 Å². The standard InChI is InChI=1S/C17H10ClF3N2O3/c18-12-7-10(4-5-13(12)19)23-15(8-14(22-23)16(24)25)9-2-1-3-11(6-9)26-17(20)21/h1-8,17H,(H,24,25). The first kappa shape index (κ1) is 17.8. The number of aromatic carboxylic acids is 1. The van der Waals surface area contributed by atoms with Crippen LogP contribution in [-0.4, -0.2) is 27.5 Å². The highest BCUT2D eigenvalue weighted by molar-refractivity contribution is 6.30. The number of ether oxygens (including phenoxy) is 1. The summed E-state index contributed by atoms with van der Waals surface area (Å²) in [5, 5.41) is 13.0. The lowest BCUT2D eigenvalue weighted by molar-refractivity contribution is -0.0498. The predicted molar refractivity (Wildman–Crippen MR) is 87.6 cm³/mol. The normalized spacial score (nSPS) is 11.0. The molecular weight excluding hydrogens is 373 g/mol. The monoisotopic (exact) mass is 382 g/mol. The number of halogens is 4. The van der Waals surface area contributed by atoms with Gasteiger partial charge in [-0.25, -0.2) is 13.9 Å². The summed E-state index contributed by atoms with van der Waals surface area (Å²) in [6.07, 6.45) is 0. The van der Waals surface area contributed by atoms with Gasteiger partial charge in [-0.2, -0.15) is 13.9 Å². The molecular formula is C17H10ClF3N2O3. The average Bonchev–Trinajstić information content (AvgIpc) is 3.02. The lowest BCUT2D eigenvalue weighted by Crippen LogP contribution is -2.03. The van der Waals surface area contributed by atoms with Gasteiger partial charge in [0.15, 0.2) is 5.69 Å². The first-order chi connectivity index (χ1) is 12.3. The predicted octanol–water partition coefficient (Wildman–Crippen LogP) is 4.63. The third-order valence-electron chi connectivity index (χ3n) is 3.43. The van der Waals surface area contributed by atoms with Crippen molar-refractivity contribution in [3.63, 3.8) is 0 Å².